The second-order valence-corrected chi connectivity index (χ2v) is 6.31. The maximum atomic E-state index is 12.2. The van der Waals surface area contributed by atoms with E-state index in [2.05, 4.69) is 19.2 Å². The van der Waals surface area contributed by atoms with Gasteiger partial charge in [-0.2, -0.15) is 0 Å². The van der Waals surface area contributed by atoms with Gasteiger partial charge in [0.15, 0.2) is 0 Å². The van der Waals surface area contributed by atoms with Gasteiger partial charge in [-0.15, -0.1) is 0 Å². The lowest BCUT2D eigenvalue weighted by Crippen LogP contribution is -2.38. The Morgan fingerprint density at radius 2 is 1.95 bits per heavy atom. The molecule has 0 aromatic rings. The quantitative estimate of drug-likeness (QED) is 0.812. The average molecular weight is 280 g/mol. The van der Waals surface area contributed by atoms with Crippen molar-refractivity contribution in [1.29, 1.82) is 0 Å². The van der Waals surface area contributed by atoms with Crippen LogP contribution in [0.3, 0.4) is 0 Å². The van der Waals surface area contributed by atoms with Crippen molar-refractivity contribution in [2.24, 2.45) is 11.8 Å². The van der Waals surface area contributed by atoms with Crippen LogP contribution in [0.4, 0.5) is 0 Å². The molecule has 1 aliphatic carbocycles. The highest BCUT2D eigenvalue weighted by Gasteiger charge is 2.38. The van der Waals surface area contributed by atoms with E-state index in [9.17, 15) is 9.59 Å². The fourth-order valence-electron chi connectivity index (χ4n) is 3.44. The summed E-state index contributed by atoms with van der Waals surface area (Å²) in [7, 11) is 0. The highest BCUT2D eigenvalue weighted by Crippen LogP contribution is 2.29. The van der Waals surface area contributed by atoms with Gasteiger partial charge in [0.05, 0.1) is 5.92 Å². The first-order valence-corrected chi connectivity index (χ1v) is 8.22. The van der Waals surface area contributed by atoms with Gasteiger partial charge in [-0.1, -0.05) is 39.5 Å². The molecule has 20 heavy (non-hydrogen) atoms. The van der Waals surface area contributed by atoms with E-state index in [0.717, 1.165) is 32.2 Å². The molecule has 4 nitrogen and oxygen atoms in total. The molecule has 0 aromatic carbocycles. The number of hydrogen-bond donors (Lipinski definition) is 1. The van der Waals surface area contributed by atoms with E-state index >= 15 is 0 Å². The van der Waals surface area contributed by atoms with Crippen LogP contribution < -0.4 is 5.32 Å². The predicted octanol–water partition coefficient (Wildman–Crippen LogP) is 2.33. The van der Waals surface area contributed by atoms with Gasteiger partial charge in [0, 0.05) is 25.6 Å². The number of hydrogen-bond acceptors (Lipinski definition) is 2. The van der Waals surface area contributed by atoms with Crippen molar-refractivity contribution in [1.82, 2.24) is 10.2 Å². The van der Waals surface area contributed by atoms with Crippen LogP contribution in [0.1, 0.15) is 58.8 Å². The van der Waals surface area contributed by atoms with E-state index in [0.29, 0.717) is 24.9 Å². The lowest BCUT2D eigenvalue weighted by atomic mass is 10.0. The average Bonchev–Trinajstić information content (AvgIpc) is 3.08. The van der Waals surface area contributed by atoms with Crippen molar-refractivity contribution < 1.29 is 9.59 Å². The lowest BCUT2D eigenvalue weighted by molar-refractivity contribution is -0.130. The molecule has 1 atom stereocenters. The summed E-state index contributed by atoms with van der Waals surface area (Å²) < 4.78 is 0. The minimum absolute atomic E-state index is 0.0748. The van der Waals surface area contributed by atoms with Crippen molar-refractivity contribution >= 4 is 11.8 Å². The van der Waals surface area contributed by atoms with Gasteiger partial charge in [0.2, 0.25) is 11.8 Å². The van der Waals surface area contributed by atoms with E-state index in [1.165, 1.54) is 12.8 Å². The zero-order valence-electron chi connectivity index (χ0n) is 12.9. The second kappa shape index (κ2) is 7.09. The molecule has 2 aliphatic rings. The van der Waals surface area contributed by atoms with E-state index in [1.54, 1.807) is 0 Å². The van der Waals surface area contributed by atoms with Crippen LogP contribution in [-0.2, 0) is 9.59 Å². The number of nitrogens with zero attached hydrogens (tertiary/aromatic N) is 1. The topological polar surface area (TPSA) is 49.4 Å². The molecule has 0 radical (unpaired) electrons. The summed E-state index contributed by atoms with van der Waals surface area (Å²) in [5, 5.41) is 3.04. The van der Waals surface area contributed by atoms with Gasteiger partial charge in [-0.25, -0.2) is 0 Å². The molecule has 1 unspecified atom stereocenters. The summed E-state index contributed by atoms with van der Waals surface area (Å²) in [5.41, 5.74) is 0. The van der Waals surface area contributed by atoms with Gasteiger partial charge >= 0.3 is 0 Å². The third-order valence-electron chi connectivity index (χ3n) is 5.01. The maximum absolute atomic E-state index is 12.2. The van der Waals surface area contributed by atoms with Crippen LogP contribution in [0, 0.1) is 11.8 Å². The Bertz CT molecular complexity index is 346. The van der Waals surface area contributed by atoms with Gasteiger partial charge in [-0.05, 0) is 18.8 Å². The first-order valence-electron chi connectivity index (χ1n) is 8.22. The Morgan fingerprint density at radius 1 is 1.30 bits per heavy atom. The Labute approximate surface area is 122 Å². The molecular formula is C16H28N2O2. The number of carbonyl (C=O) groups is 2. The van der Waals surface area contributed by atoms with Gasteiger partial charge in [0.25, 0.3) is 0 Å². The molecule has 1 aliphatic heterocycles. The largest absolute Gasteiger partial charge is 0.356 e. The highest BCUT2D eigenvalue weighted by atomic mass is 16.2. The molecule has 2 fully saturated rings. The molecular weight excluding hydrogens is 252 g/mol. The number of nitrogens with one attached hydrogen (secondary N) is 1. The van der Waals surface area contributed by atoms with E-state index in [1.807, 2.05) is 4.90 Å². The van der Waals surface area contributed by atoms with Crippen LogP contribution in [-0.4, -0.2) is 35.8 Å². The molecule has 1 saturated carbocycles. The molecule has 1 saturated heterocycles. The first-order chi connectivity index (χ1) is 9.65. The number of carbonyl (C=O) groups excluding carboxylic acids is 2. The molecule has 2 amide bonds. The third-order valence-corrected chi connectivity index (χ3v) is 5.01. The Kier molecular flexibility index (Phi) is 5.44. The standard InChI is InChI=1S/C16H28N2O2/c1-3-12(4-2)10-17-16(20)13-9-15(19)18(11-13)14-7-5-6-8-14/h12-14H,3-11H2,1-2H3,(H,17,20). The SMILES string of the molecule is CCC(CC)CNC(=O)C1CC(=O)N(C2CCCC2)C1. The zero-order valence-corrected chi connectivity index (χ0v) is 12.9. The van der Waals surface area contributed by atoms with Crippen molar-refractivity contribution in [2.75, 3.05) is 13.1 Å². The van der Waals surface area contributed by atoms with Crippen LogP contribution in [0.2, 0.25) is 0 Å². The van der Waals surface area contributed by atoms with Crippen LogP contribution >= 0.6 is 0 Å². The highest BCUT2D eigenvalue weighted by molar-refractivity contribution is 5.89. The fraction of sp³-hybridized carbons (Fsp3) is 0.875. The summed E-state index contributed by atoms with van der Waals surface area (Å²) >= 11 is 0. The zero-order chi connectivity index (χ0) is 14.5. The second-order valence-electron chi connectivity index (χ2n) is 6.31. The fourth-order valence-corrected chi connectivity index (χ4v) is 3.44. The minimum atomic E-state index is -0.127. The third kappa shape index (κ3) is 3.53. The van der Waals surface area contributed by atoms with Gasteiger partial charge < -0.3 is 10.2 Å². The number of rotatable bonds is 6. The molecule has 2 rings (SSSR count). The lowest BCUT2D eigenvalue weighted by Gasteiger charge is -2.24. The predicted molar refractivity (Wildman–Crippen MR) is 79.2 cm³/mol. The van der Waals surface area contributed by atoms with Crippen molar-refractivity contribution in [2.45, 2.75) is 64.8 Å². The summed E-state index contributed by atoms with van der Waals surface area (Å²) in [6.45, 7) is 5.70. The molecule has 1 N–H and O–H groups in total. The van der Waals surface area contributed by atoms with Crippen molar-refractivity contribution in [3.8, 4) is 0 Å². The molecule has 0 spiro atoms. The van der Waals surface area contributed by atoms with Gasteiger partial charge in [0.1, 0.15) is 0 Å². The van der Waals surface area contributed by atoms with Gasteiger partial charge in [-0.3, -0.25) is 9.59 Å². The first kappa shape index (κ1) is 15.3. The number of amides is 2. The van der Waals surface area contributed by atoms with E-state index < -0.39 is 0 Å². The normalized spacial score (nSPS) is 23.9. The molecule has 1 heterocycles. The summed E-state index contributed by atoms with van der Waals surface area (Å²) in [6, 6.07) is 0.402. The molecule has 0 aromatic heterocycles. The Morgan fingerprint density at radius 3 is 2.55 bits per heavy atom. The molecule has 4 heteroatoms. The minimum Gasteiger partial charge on any atom is -0.356 e. The number of likely N-dealkylation sites (tertiary alicyclic amines) is 1. The van der Waals surface area contributed by atoms with E-state index in [4.69, 9.17) is 0 Å². The van der Waals surface area contributed by atoms with E-state index in [-0.39, 0.29) is 17.7 Å². The van der Waals surface area contributed by atoms with Crippen LogP contribution in [0.25, 0.3) is 0 Å². The Hall–Kier alpha value is -1.06. The molecule has 114 valence electrons. The smallest absolute Gasteiger partial charge is 0.225 e. The van der Waals surface area contributed by atoms with Crippen molar-refractivity contribution in [3.63, 3.8) is 0 Å². The monoisotopic (exact) mass is 280 g/mol. The summed E-state index contributed by atoms with van der Waals surface area (Å²) in [6.07, 6.45) is 7.27. The van der Waals surface area contributed by atoms with Crippen LogP contribution in [0.5, 0.6) is 0 Å². The summed E-state index contributed by atoms with van der Waals surface area (Å²) in [5.74, 6) is 0.685. The summed E-state index contributed by atoms with van der Waals surface area (Å²) in [4.78, 5) is 26.2. The maximum Gasteiger partial charge on any atom is 0.225 e. The van der Waals surface area contributed by atoms with Crippen LogP contribution in [0.15, 0.2) is 0 Å². The van der Waals surface area contributed by atoms with Crippen molar-refractivity contribution in [3.05, 3.63) is 0 Å². The Balaban J connectivity index is 1.81. The molecule has 0 bridgehead atoms.